The van der Waals surface area contributed by atoms with Crippen LogP contribution in [-0.4, -0.2) is 31.7 Å². The molecule has 6 heteroatoms. The summed E-state index contributed by atoms with van der Waals surface area (Å²) in [5.74, 6) is -0.404. The van der Waals surface area contributed by atoms with E-state index in [0.29, 0.717) is 17.7 Å². The average molecular weight is 328 g/mol. The molecule has 3 rings (SSSR count). The maximum Gasteiger partial charge on any atom is 0.414 e. The Bertz CT molecular complexity index is 761. The molecule has 1 N–H and O–H groups in total. The summed E-state index contributed by atoms with van der Waals surface area (Å²) in [6.45, 7) is 2.47. The molecular formula is C18H17FN2O3. The molecular weight excluding hydrogens is 311 g/mol. The van der Waals surface area contributed by atoms with Gasteiger partial charge in [0.2, 0.25) is 6.41 Å². The molecule has 0 aromatic heterocycles. The Morgan fingerprint density at radius 3 is 2.71 bits per heavy atom. The standard InChI is InChI=1S/C18H17FN2O3/c1-12-2-4-13(5-3-12)16-7-6-14(8-17(16)19)21-10-15(9-20-11-22)24-18(21)23/h2-8,11,15H,9-10H2,1H3,(H,20,22). The molecule has 0 bridgehead atoms. The van der Waals surface area contributed by atoms with Gasteiger partial charge in [0, 0.05) is 5.56 Å². The van der Waals surface area contributed by atoms with Crippen molar-refractivity contribution in [1.82, 2.24) is 5.32 Å². The molecule has 2 amide bonds. The number of hydrogen-bond donors (Lipinski definition) is 1. The first-order valence-corrected chi connectivity index (χ1v) is 7.60. The number of rotatable bonds is 5. The Morgan fingerprint density at radius 2 is 2.04 bits per heavy atom. The second-order valence-corrected chi connectivity index (χ2v) is 5.67. The van der Waals surface area contributed by atoms with Gasteiger partial charge in [0.05, 0.1) is 18.8 Å². The monoisotopic (exact) mass is 328 g/mol. The molecule has 5 nitrogen and oxygen atoms in total. The molecule has 124 valence electrons. The van der Waals surface area contributed by atoms with Crippen LogP contribution < -0.4 is 10.2 Å². The van der Waals surface area contributed by atoms with Crippen molar-refractivity contribution >= 4 is 18.2 Å². The summed E-state index contributed by atoms with van der Waals surface area (Å²) in [5, 5.41) is 2.47. The van der Waals surface area contributed by atoms with Crippen LogP contribution in [0.4, 0.5) is 14.9 Å². The maximum atomic E-state index is 14.5. The summed E-state index contributed by atoms with van der Waals surface area (Å²) in [6, 6.07) is 12.2. The summed E-state index contributed by atoms with van der Waals surface area (Å²) in [7, 11) is 0. The summed E-state index contributed by atoms with van der Waals surface area (Å²) in [5.41, 5.74) is 2.79. The lowest BCUT2D eigenvalue weighted by Gasteiger charge is -2.14. The zero-order valence-corrected chi connectivity index (χ0v) is 13.2. The third-order valence-corrected chi connectivity index (χ3v) is 3.93. The number of benzene rings is 2. The van der Waals surface area contributed by atoms with Crippen molar-refractivity contribution in [3.05, 3.63) is 53.8 Å². The van der Waals surface area contributed by atoms with Crippen molar-refractivity contribution in [3.63, 3.8) is 0 Å². The van der Waals surface area contributed by atoms with Gasteiger partial charge in [-0.3, -0.25) is 9.69 Å². The predicted molar refractivity (Wildman–Crippen MR) is 88.3 cm³/mol. The highest BCUT2D eigenvalue weighted by molar-refractivity contribution is 5.90. The Labute approximate surface area is 139 Å². The predicted octanol–water partition coefficient (Wildman–Crippen LogP) is 2.87. The number of ether oxygens (including phenoxy) is 1. The van der Waals surface area contributed by atoms with E-state index < -0.39 is 18.0 Å². The molecule has 1 aliphatic rings. The fourth-order valence-corrected chi connectivity index (χ4v) is 2.66. The summed E-state index contributed by atoms with van der Waals surface area (Å²) in [4.78, 5) is 23.6. The van der Waals surface area contributed by atoms with Crippen LogP contribution in [0.25, 0.3) is 11.1 Å². The Balaban J connectivity index is 1.81. The van der Waals surface area contributed by atoms with E-state index in [9.17, 15) is 14.0 Å². The minimum atomic E-state index is -0.546. The van der Waals surface area contributed by atoms with E-state index >= 15 is 0 Å². The van der Waals surface area contributed by atoms with Crippen LogP contribution in [0.1, 0.15) is 5.56 Å². The van der Waals surface area contributed by atoms with E-state index in [1.807, 2.05) is 31.2 Å². The van der Waals surface area contributed by atoms with E-state index in [1.165, 1.54) is 11.0 Å². The number of nitrogens with zero attached hydrogens (tertiary/aromatic N) is 1. The molecule has 1 unspecified atom stereocenters. The molecule has 0 saturated carbocycles. The van der Waals surface area contributed by atoms with Crippen LogP contribution in [-0.2, 0) is 9.53 Å². The minimum absolute atomic E-state index is 0.232. The van der Waals surface area contributed by atoms with E-state index in [1.54, 1.807) is 12.1 Å². The fraction of sp³-hybridized carbons (Fsp3) is 0.222. The number of nitrogens with one attached hydrogen (secondary N) is 1. The lowest BCUT2D eigenvalue weighted by Crippen LogP contribution is -2.30. The molecule has 1 aliphatic heterocycles. The number of carbonyl (C=O) groups excluding carboxylic acids is 2. The number of amides is 2. The molecule has 1 saturated heterocycles. The number of hydrogen-bond acceptors (Lipinski definition) is 3. The third-order valence-electron chi connectivity index (χ3n) is 3.93. The first-order valence-electron chi connectivity index (χ1n) is 7.60. The van der Waals surface area contributed by atoms with E-state index in [-0.39, 0.29) is 13.1 Å². The molecule has 0 spiro atoms. The van der Waals surface area contributed by atoms with E-state index in [4.69, 9.17) is 4.74 Å². The Hall–Kier alpha value is -2.89. The molecule has 2 aromatic carbocycles. The van der Waals surface area contributed by atoms with Crippen LogP contribution in [0.3, 0.4) is 0 Å². The molecule has 2 aromatic rings. The van der Waals surface area contributed by atoms with Crippen molar-refractivity contribution in [2.75, 3.05) is 18.0 Å². The average Bonchev–Trinajstić information content (AvgIpc) is 2.95. The van der Waals surface area contributed by atoms with Crippen LogP contribution in [0.2, 0.25) is 0 Å². The minimum Gasteiger partial charge on any atom is -0.442 e. The van der Waals surface area contributed by atoms with Crippen LogP contribution in [0.5, 0.6) is 0 Å². The van der Waals surface area contributed by atoms with E-state index in [2.05, 4.69) is 5.32 Å². The van der Waals surface area contributed by atoms with Crippen LogP contribution in [0, 0.1) is 12.7 Å². The first kappa shape index (κ1) is 16.0. The molecule has 0 aliphatic carbocycles. The highest BCUT2D eigenvalue weighted by Gasteiger charge is 2.32. The van der Waals surface area contributed by atoms with Crippen molar-refractivity contribution < 1.29 is 18.7 Å². The number of halogens is 1. The quantitative estimate of drug-likeness (QED) is 0.859. The number of anilines is 1. The van der Waals surface area contributed by atoms with E-state index in [0.717, 1.165) is 11.1 Å². The van der Waals surface area contributed by atoms with Gasteiger partial charge in [-0.25, -0.2) is 9.18 Å². The van der Waals surface area contributed by atoms with Gasteiger partial charge in [-0.15, -0.1) is 0 Å². The van der Waals surface area contributed by atoms with Crippen LogP contribution >= 0.6 is 0 Å². The SMILES string of the molecule is Cc1ccc(-c2ccc(N3CC(CNC=O)OC3=O)cc2F)cc1. The third kappa shape index (κ3) is 3.22. The van der Waals surface area contributed by atoms with Gasteiger partial charge in [0.25, 0.3) is 0 Å². The highest BCUT2D eigenvalue weighted by Crippen LogP contribution is 2.29. The second kappa shape index (κ2) is 6.70. The number of cyclic esters (lactones) is 1. The fourth-order valence-electron chi connectivity index (χ4n) is 2.66. The lowest BCUT2D eigenvalue weighted by atomic mass is 10.0. The smallest absolute Gasteiger partial charge is 0.414 e. The maximum absolute atomic E-state index is 14.5. The largest absolute Gasteiger partial charge is 0.442 e. The van der Waals surface area contributed by atoms with Gasteiger partial charge in [-0.2, -0.15) is 0 Å². The highest BCUT2D eigenvalue weighted by atomic mass is 19.1. The topological polar surface area (TPSA) is 58.6 Å². The van der Waals surface area contributed by atoms with Gasteiger partial charge < -0.3 is 10.1 Å². The molecule has 0 radical (unpaired) electrons. The first-order chi connectivity index (χ1) is 11.6. The second-order valence-electron chi connectivity index (χ2n) is 5.67. The molecule has 24 heavy (non-hydrogen) atoms. The lowest BCUT2D eigenvalue weighted by molar-refractivity contribution is -0.109. The van der Waals surface area contributed by atoms with Crippen molar-refractivity contribution in [1.29, 1.82) is 0 Å². The Morgan fingerprint density at radius 1 is 1.29 bits per heavy atom. The number of aryl methyl sites for hydroxylation is 1. The molecule has 1 heterocycles. The van der Waals surface area contributed by atoms with Crippen molar-refractivity contribution in [3.8, 4) is 11.1 Å². The zero-order valence-electron chi connectivity index (χ0n) is 13.2. The molecule has 1 fully saturated rings. The number of carbonyl (C=O) groups is 2. The summed E-state index contributed by atoms with van der Waals surface area (Å²) < 4.78 is 19.6. The van der Waals surface area contributed by atoms with Crippen molar-refractivity contribution in [2.24, 2.45) is 0 Å². The zero-order chi connectivity index (χ0) is 17.1. The van der Waals surface area contributed by atoms with Crippen LogP contribution in [0.15, 0.2) is 42.5 Å². The van der Waals surface area contributed by atoms with Crippen molar-refractivity contribution in [2.45, 2.75) is 13.0 Å². The van der Waals surface area contributed by atoms with Gasteiger partial charge in [0.1, 0.15) is 11.9 Å². The van der Waals surface area contributed by atoms with Gasteiger partial charge in [0.15, 0.2) is 0 Å². The Kier molecular flexibility index (Phi) is 4.46. The normalized spacial score (nSPS) is 16.8. The van der Waals surface area contributed by atoms with Gasteiger partial charge in [-0.05, 0) is 30.7 Å². The summed E-state index contributed by atoms with van der Waals surface area (Å²) >= 11 is 0. The van der Waals surface area contributed by atoms with Gasteiger partial charge >= 0.3 is 6.09 Å². The molecule has 1 atom stereocenters. The summed E-state index contributed by atoms with van der Waals surface area (Å²) in [6.07, 6.45) is -0.440. The van der Waals surface area contributed by atoms with Gasteiger partial charge in [-0.1, -0.05) is 29.8 Å².